The molecular formula is C18H25NO8S. The molecule has 9 nitrogen and oxygen atoms in total. The maximum Gasteiger partial charge on any atom is 0.369 e. The Morgan fingerprint density at radius 2 is 1.86 bits per heavy atom. The van der Waals surface area contributed by atoms with Crippen LogP contribution in [0.4, 0.5) is 0 Å². The van der Waals surface area contributed by atoms with E-state index in [4.69, 9.17) is 24.2 Å². The van der Waals surface area contributed by atoms with Gasteiger partial charge in [-0.05, 0) is 19.1 Å². The lowest BCUT2D eigenvalue weighted by atomic mass is 10.1. The first-order valence-corrected chi connectivity index (χ1v) is 9.68. The molecule has 0 saturated heterocycles. The number of carbonyl (C=O) groups excluding carboxylic acids is 1. The highest BCUT2D eigenvalue weighted by atomic mass is 32.2. The molecule has 0 aromatic heterocycles. The van der Waals surface area contributed by atoms with Gasteiger partial charge in [-0.25, -0.2) is 4.79 Å². The topological polar surface area (TPSA) is 116 Å². The van der Waals surface area contributed by atoms with Crippen molar-refractivity contribution in [2.24, 2.45) is 4.99 Å². The largest absolute Gasteiger partial charge is 0.507 e. The van der Waals surface area contributed by atoms with Gasteiger partial charge in [-0.2, -0.15) is 5.26 Å². The molecule has 1 aliphatic heterocycles. The third-order valence-corrected chi connectivity index (χ3v) is 5.15. The number of ether oxygens (including phenoxy) is 4. The number of aliphatic imine (C=N–C) groups is 1. The zero-order chi connectivity index (χ0) is 20.4. The van der Waals surface area contributed by atoms with Gasteiger partial charge in [0.1, 0.15) is 23.1 Å². The fraction of sp³-hybridized carbons (Fsp3) is 0.556. The minimum Gasteiger partial charge on any atom is -0.507 e. The highest BCUT2D eigenvalue weighted by Crippen LogP contribution is 2.35. The first-order valence-electron chi connectivity index (χ1n) is 8.69. The Kier molecular flexibility index (Phi) is 9.00. The Hall–Kier alpha value is -1.85. The summed E-state index contributed by atoms with van der Waals surface area (Å²) in [4.78, 5) is 19.7. The molecule has 0 saturated carbocycles. The van der Waals surface area contributed by atoms with E-state index in [1.165, 1.54) is 17.8 Å². The Morgan fingerprint density at radius 1 is 1.18 bits per heavy atom. The van der Waals surface area contributed by atoms with Crippen LogP contribution in [0.3, 0.4) is 0 Å². The second-order valence-electron chi connectivity index (χ2n) is 6.10. The molecule has 1 atom stereocenters. The predicted octanol–water partition coefficient (Wildman–Crippen LogP) is 1.72. The van der Waals surface area contributed by atoms with Crippen LogP contribution in [-0.2, 0) is 23.9 Å². The average Bonchev–Trinajstić information content (AvgIpc) is 3.09. The summed E-state index contributed by atoms with van der Waals surface area (Å²) < 4.78 is 21.1. The number of phenols is 1. The molecule has 0 amide bonds. The van der Waals surface area contributed by atoms with Crippen molar-refractivity contribution < 1.29 is 39.0 Å². The Balaban J connectivity index is 1.78. The van der Waals surface area contributed by atoms with Crippen molar-refractivity contribution in [3.63, 3.8) is 0 Å². The number of methoxy groups -OCH3 is 1. The number of rotatable bonds is 12. The second-order valence-corrected chi connectivity index (χ2v) is 7.07. The lowest BCUT2D eigenvalue weighted by molar-refractivity contribution is -0.238. The van der Waals surface area contributed by atoms with Gasteiger partial charge in [0.25, 0.3) is 0 Å². The van der Waals surface area contributed by atoms with Gasteiger partial charge in [-0.15, -0.1) is 11.8 Å². The van der Waals surface area contributed by atoms with Crippen molar-refractivity contribution in [3.05, 3.63) is 23.8 Å². The number of carbonyl (C=O) groups is 1. The van der Waals surface area contributed by atoms with Gasteiger partial charge >= 0.3 is 5.97 Å². The average molecular weight is 415 g/mol. The standard InChI is InChI=1S/C18H25NO8S/c1-18(17(21)27-22)12-28-16(19-18)14-4-3-13(11-15(14)20)26-10-9-25-8-7-24-6-5-23-2/h3-4,11,20,22H,5-10,12H2,1-2H3/t18-/m1/s1. The van der Waals surface area contributed by atoms with E-state index in [0.29, 0.717) is 61.8 Å². The number of hydrogen-bond donors (Lipinski definition) is 2. The molecule has 0 spiro atoms. The fourth-order valence-electron chi connectivity index (χ4n) is 2.30. The first kappa shape index (κ1) is 22.4. The Labute approximate surface area is 167 Å². The summed E-state index contributed by atoms with van der Waals surface area (Å²) in [6.07, 6.45) is 0. The molecule has 0 aliphatic carbocycles. The zero-order valence-corrected chi connectivity index (χ0v) is 16.7. The molecule has 2 rings (SSSR count). The fourth-order valence-corrected chi connectivity index (χ4v) is 3.50. The van der Waals surface area contributed by atoms with E-state index in [1.807, 2.05) is 0 Å². The van der Waals surface area contributed by atoms with Crippen molar-refractivity contribution >= 4 is 22.8 Å². The quantitative estimate of drug-likeness (QED) is 0.299. The smallest absolute Gasteiger partial charge is 0.369 e. The summed E-state index contributed by atoms with van der Waals surface area (Å²) in [7, 11) is 1.62. The van der Waals surface area contributed by atoms with E-state index >= 15 is 0 Å². The lowest BCUT2D eigenvalue weighted by Crippen LogP contribution is -2.34. The molecule has 1 aliphatic rings. The third kappa shape index (κ3) is 6.35. The SMILES string of the molecule is COCCOCCOCCOc1ccc(C2=N[C@@](C)(C(=O)OO)CS2)c(O)c1. The molecule has 0 bridgehead atoms. The zero-order valence-electron chi connectivity index (χ0n) is 15.9. The molecule has 0 fully saturated rings. The number of benzene rings is 1. The van der Waals surface area contributed by atoms with E-state index in [9.17, 15) is 9.90 Å². The van der Waals surface area contributed by atoms with E-state index in [2.05, 4.69) is 9.88 Å². The summed E-state index contributed by atoms with van der Waals surface area (Å²) in [6, 6.07) is 4.84. The molecule has 2 N–H and O–H groups in total. The maximum atomic E-state index is 11.6. The van der Waals surface area contributed by atoms with Gasteiger partial charge < -0.3 is 24.1 Å². The molecule has 156 valence electrons. The highest BCUT2D eigenvalue weighted by molar-refractivity contribution is 8.14. The number of phenolic OH excluding ortho intramolecular Hbond substituents is 1. The Bertz CT molecular complexity index is 684. The van der Waals surface area contributed by atoms with Crippen LogP contribution in [0.1, 0.15) is 12.5 Å². The van der Waals surface area contributed by atoms with E-state index in [1.54, 1.807) is 26.2 Å². The van der Waals surface area contributed by atoms with Crippen molar-refractivity contribution in [1.29, 1.82) is 0 Å². The predicted molar refractivity (Wildman–Crippen MR) is 103 cm³/mol. The van der Waals surface area contributed by atoms with Crippen molar-refractivity contribution in [2.45, 2.75) is 12.5 Å². The van der Waals surface area contributed by atoms with E-state index < -0.39 is 11.5 Å². The van der Waals surface area contributed by atoms with Gasteiger partial charge in [0, 0.05) is 24.5 Å². The molecule has 10 heteroatoms. The molecular weight excluding hydrogens is 390 g/mol. The number of hydrogen-bond acceptors (Lipinski definition) is 10. The van der Waals surface area contributed by atoms with Crippen LogP contribution < -0.4 is 4.74 Å². The first-order chi connectivity index (χ1) is 13.5. The van der Waals surface area contributed by atoms with Gasteiger partial charge in [0.2, 0.25) is 0 Å². The van der Waals surface area contributed by atoms with Crippen LogP contribution in [0.15, 0.2) is 23.2 Å². The molecule has 1 heterocycles. The monoisotopic (exact) mass is 415 g/mol. The van der Waals surface area contributed by atoms with Crippen LogP contribution in [0.5, 0.6) is 11.5 Å². The minimum atomic E-state index is -1.18. The molecule has 0 unspecified atom stereocenters. The number of nitrogens with zero attached hydrogens (tertiary/aromatic N) is 1. The van der Waals surface area contributed by atoms with E-state index in [-0.39, 0.29) is 5.75 Å². The van der Waals surface area contributed by atoms with Crippen LogP contribution in [0.25, 0.3) is 0 Å². The van der Waals surface area contributed by atoms with Gasteiger partial charge in [-0.1, -0.05) is 0 Å². The summed E-state index contributed by atoms with van der Waals surface area (Å²) >= 11 is 1.30. The van der Waals surface area contributed by atoms with Crippen LogP contribution in [-0.4, -0.2) is 79.4 Å². The van der Waals surface area contributed by atoms with Gasteiger partial charge in [0.05, 0.1) is 33.0 Å². The lowest BCUT2D eigenvalue weighted by Gasteiger charge is -2.13. The number of thioether (sulfide) groups is 1. The summed E-state index contributed by atoms with van der Waals surface area (Å²) in [5.41, 5.74) is -0.697. The summed E-state index contributed by atoms with van der Waals surface area (Å²) in [5, 5.41) is 19.3. The van der Waals surface area contributed by atoms with Crippen molar-refractivity contribution in [3.8, 4) is 11.5 Å². The van der Waals surface area contributed by atoms with Crippen molar-refractivity contribution in [2.75, 3.05) is 52.5 Å². The van der Waals surface area contributed by atoms with Gasteiger partial charge in [-0.3, -0.25) is 9.88 Å². The molecule has 28 heavy (non-hydrogen) atoms. The van der Waals surface area contributed by atoms with Gasteiger partial charge in [0.15, 0.2) is 5.54 Å². The number of aromatic hydroxyl groups is 1. The highest BCUT2D eigenvalue weighted by Gasteiger charge is 2.41. The third-order valence-electron chi connectivity index (χ3n) is 3.86. The van der Waals surface area contributed by atoms with Crippen LogP contribution in [0.2, 0.25) is 0 Å². The molecule has 1 aromatic rings. The van der Waals surface area contributed by atoms with Crippen molar-refractivity contribution in [1.82, 2.24) is 0 Å². The van der Waals surface area contributed by atoms with Crippen LogP contribution in [0, 0.1) is 0 Å². The minimum absolute atomic E-state index is 0.0159. The van der Waals surface area contributed by atoms with E-state index in [0.717, 1.165) is 0 Å². The summed E-state index contributed by atoms with van der Waals surface area (Å²) in [6.45, 7) is 4.31. The summed E-state index contributed by atoms with van der Waals surface area (Å²) in [5.74, 6) is -0.0509. The second kappa shape index (κ2) is 11.2. The van der Waals surface area contributed by atoms with Crippen LogP contribution >= 0.6 is 11.8 Å². The molecule has 0 radical (unpaired) electrons. The normalized spacial score (nSPS) is 18.8. The maximum absolute atomic E-state index is 11.6. The molecule has 1 aromatic carbocycles. The Morgan fingerprint density at radius 3 is 2.50 bits per heavy atom.